The third-order valence-corrected chi connectivity index (χ3v) is 5.43. The lowest BCUT2D eigenvalue weighted by Gasteiger charge is -2.35. The van der Waals surface area contributed by atoms with E-state index in [1.807, 2.05) is 43.3 Å². The van der Waals surface area contributed by atoms with Gasteiger partial charge in [0.05, 0.1) is 17.9 Å². The summed E-state index contributed by atoms with van der Waals surface area (Å²) in [7, 11) is 1.26. The average molecular weight is 321 g/mol. The van der Waals surface area contributed by atoms with Gasteiger partial charge in [-0.15, -0.1) is 11.6 Å². The fraction of sp³-hybridized carbons (Fsp3) is 0.412. The number of ether oxygens (including phenoxy) is 2. The standard InChI is InChI=1S/C17H17ClO4/c1-10-9-16(2)13(12(14(19)21-3)15(20)22-16)17(10,18)11-7-5-4-6-8-11/h4-9,12-13H,1-3H3/t12-,13-,16-,17+/m0/s1. The minimum absolute atomic E-state index is 0.538. The number of esters is 2. The molecule has 0 spiro atoms. The van der Waals surface area contributed by atoms with Crippen molar-refractivity contribution in [1.82, 2.24) is 0 Å². The summed E-state index contributed by atoms with van der Waals surface area (Å²) >= 11 is 6.99. The number of fused-ring (bicyclic) bond motifs is 1. The maximum atomic E-state index is 12.2. The monoisotopic (exact) mass is 320 g/mol. The van der Waals surface area contributed by atoms with Gasteiger partial charge in [-0.1, -0.05) is 30.3 Å². The van der Waals surface area contributed by atoms with Gasteiger partial charge in [0.25, 0.3) is 0 Å². The highest BCUT2D eigenvalue weighted by molar-refractivity contribution is 6.27. The summed E-state index contributed by atoms with van der Waals surface area (Å²) in [6.45, 7) is 3.68. The molecule has 0 unspecified atom stereocenters. The average Bonchev–Trinajstić information content (AvgIpc) is 2.87. The number of rotatable bonds is 2. The smallest absolute Gasteiger partial charge is 0.321 e. The predicted octanol–water partition coefficient (Wildman–Crippen LogP) is 2.80. The Morgan fingerprint density at radius 1 is 1.32 bits per heavy atom. The highest BCUT2D eigenvalue weighted by atomic mass is 35.5. The molecule has 116 valence electrons. The molecule has 1 aromatic carbocycles. The number of methoxy groups -OCH3 is 1. The second-order valence-electron chi connectivity index (χ2n) is 5.99. The van der Waals surface area contributed by atoms with Gasteiger partial charge in [0.15, 0.2) is 5.92 Å². The van der Waals surface area contributed by atoms with Gasteiger partial charge >= 0.3 is 11.9 Å². The molecule has 1 aliphatic heterocycles. The molecule has 0 N–H and O–H groups in total. The largest absolute Gasteiger partial charge is 0.468 e. The lowest BCUT2D eigenvalue weighted by Crippen LogP contribution is -2.42. The van der Waals surface area contributed by atoms with E-state index in [0.717, 1.165) is 11.1 Å². The molecule has 0 amide bonds. The molecule has 0 bridgehead atoms. The lowest BCUT2D eigenvalue weighted by atomic mass is 9.73. The van der Waals surface area contributed by atoms with Gasteiger partial charge in [0.2, 0.25) is 0 Å². The predicted molar refractivity (Wildman–Crippen MR) is 81.2 cm³/mol. The van der Waals surface area contributed by atoms with Crippen molar-refractivity contribution in [2.24, 2.45) is 11.8 Å². The molecule has 5 heteroatoms. The Bertz CT molecular complexity index is 668. The Labute approximate surface area is 134 Å². The van der Waals surface area contributed by atoms with Crippen LogP contribution in [0.25, 0.3) is 0 Å². The Morgan fingerprint density at radius 2 is 1.95 bits per heavy atom. The highest BCUT2D eigenvalue weighted by Gasteiger charge is 2.67. The summed E-state index contributed by atoms with van der Waals surface area (Å²) in [4.78, 5) is 23.4. The zero-order valence-electron chi connectivity index (χ0n) is 12.6. The number of alkyl halides is 1. The third kappa shape index (κ3) is 1.83. The van der Waals surface area contributed by atoms with Crippen molar-refractivity contribution in [2.75, 3.05) is 7.11 Å². The molecule has 3 rings (SSSR count). The van der Waals surface area contributed by atoms with E-state index in [9.17, 15) is 9.59 Å². The summed E-state index contributed by atoms with van der Waals surface area (Å²) in [6, 6.07) is 9.45. The van der Waals surface area contributed by atoms with Crippen LogP contribution >= 0.6 is 11.6 Å². The van der Waals surface area contributed by atoms with Crippen LogP contribution < -0.4 is 0 Å². The van der Waals surface area contributed by atoms with E-state index in [0.29, 0.717) is 0 Å². The summed E-state index contributed by atoms with van der Waals surface area (Å²) in [5.74, 6) is -2.75. The van der Waals surface area contributed by atoms with E-state index >= 15 is 0 Å². The molecule has 0 saturated carbocycles. The van der Waals surface area contributed by atoms with Gasteiger partial charge in [0.1, 0.15) is 5.60 Å². The van der Waals surface area contributed by atoms with Crippen molar-refractivity contribution in [2.45, 2.75) is 24.3 Å². The molecule has 1 fully saturated rings. The van der Waals surface area contributed by atoms with Crippen LogP contribution in [0.2, 0.25) is 0 Å². The normalized spacial score (nSPS) is 36.5. The van der Waals surface area contributed by atoms with Crippen LogP contribution in [0, 0.1) is 11.8 Å². The summed E-state index contributed by atoms with van der Waals surface area (Å²) < 4.78 is 10.3. The molecule has 0 aromatic heterocycles. The van der Waals surface area contributed by atoms with Crippen LogP contribution in [0.3, 0.4) is 0 Å². The van der Waals surface area contributed by atoms with Crippen LogP contribution in [0.4, 0.5) is 0 Å². The van der Waals surface area contributed by atoms with E-state index in [1.54, 1.807) is 6.92 Å². The zero-order valence-corrected chi connectivity index (χ0v) is 13.4. The van der Waals surface area contributed by atoms with Crippen molar-refractivity contribution >= 4 is 23.5 Å². The minimum Gasteiger partial charge on any atom is -0.468 e. The molecule has 4 atom stereocenters. The van der Waals surface area contributed by atoms with Crippen molar-refractivity contribution in [3.05, 3.63) is 47.5 Å². The first-order chi connectivity index (χ1) is 10.3. The first-order valence-electron chi connectivity index (χ1n) is 7.09. The Morgan fingerprint density at radius 3 is 2.55 bits per heavy atom. The molecule has 1 aliphatic carbocycles. The molecule has 22 heavy (non-hydrogen) atoms. The van der Waals surface area contributed by atoms with Crippen molar-refractivity contribution in [3.63, 3.8) is 0 Å². The topological polar surface area (TPSA) is 52.6 Å². The second-order valence-corrected chi connectivity index (χ2v) is 6.58. The Hall–Kier alpha value is -1.81. The molecular formula is C17H17ClO4. The van der Waals surface area contributed by atoms with Gasteiger partial charge in [-0.25, -0.2) is 0 Å². The number of hydrogen-bond acceptors (Lipinski definition) is 4. The molecule has 0 radical (unpaired) electrons. The first-order valence-corrected chi connectivity index (χ1v) is 7.47. The molecule has 1 aromatic rings. The van der Waals surface area contributed by atoms with Gasteiger partial charge < -0.3 is 9.47 Å². The van der Waals surface area contributed by atoms with Gasteiger partial charge in [-0.05, 0) is 31.1 Å². The summed E-state index contributed by atoms with van der Waals surface area (Å²) in [5.41, 5.74) is 0.804. The number of hydrogen-bond donors (Lipinski definition) is 0. The van der Waals surface area contributed by atoms with E-state index in [2.05, 4.69) is 0 Å². The van der Waals surface area contributed by atoms with Crippen LogP contribution in [0.15, 0.2) is 42.0 Å². The summed E-state index contributed by atoms with van der Waals surface area (Å²) in [5, 5.41) is 0. The van der Waals surface area contributed by atoms with E-state index in [4.69, 9.17) is 21.1 Å². The number of benzene rings is 1. The molecule has 1 saturated heterocycles. The fourth-order valence-corrected chi connectivity index (χ4v) is 4.31. The highest BCUT2D eigenvalue weighted by Crippen LogP contribution is 2.60. The van der Waals surface area contributed by atoms with Crippen LogP contribution in [-0.4, -0.2) is 24.6 Å². The van der Waals surface area contributed by atoms with Gasteiger partial charge in [-0.3, -0.25) is 9.59 Å². The molecule has 2 aliphatic rings. The third-order valence-electron chi connectivity index (χ3n) is 4.68. The van der Waals surface area contributed by atoms with Crippen molar-refractivity contribution in [3.8, 4) is 0 Å². The second kappa shape index (κ2) is 4.85. The van der Waals surface area contributed by atoms with Crippen LogP contribution in [0.5, 0.6) is 0 Å². The van der Waals surface area contributed by atoms with Gasteiger partial charge in [-0.2, -0.15) is 0 Å². The Balaban J connectivity index is 2.17. The number of carbonyl (C=O) groups excluding carboxylic acids is 2. The van der Waals surface area contributed by atoms with E-state index in [-0.39, 0.29) is 0 Å². The first kappa shape index (κ1) is 15.1. The van der Waals surface area contributed by atoms with E-state index < -0.39 is 34.2 Å². The fourth-order valence-electron chi connectivity index (χ4n) is 3.78. The van der Waals surface area contributed by atoms with Crippen LogP contribution in [0.1, 0.15) is 19.4 Å². The van der Waals surface area contributed by atoms with Crippen molar-refractivity contribution in [1.29, 1.82) is 0 Å². The minimum atomic E-state index is -1.03. The molecule has 1 heterocycles. The lowest BCUT2D eigenvalue weighted by molar-refractivity contribution is -0.156. The zero-order chi connectivity index (χ0) is 16.1. The quantitative estimate of drug-likeness (QED) is 0.364. The van der Waals surface area contributed by atoms with Crippen LogP contribution in [-0.2, 0) is 23.9 Å². The number of carbonyl (C=O) groups is 2. The van der Waals surface area contributed by atoms with Gasteiger partial charge in [0, 0.05) is 0 Å². The summed E-state index contributed by atoms with van der Waals surface area (Å²) in [6.07, 6.45) is 1.85. The molecule has 4 nitrogen and oxygen atoms in total. The maximum absolute atomic E-state index is 12.2. The number of halogens is 1. The number of allylic oxidation sites excluding steroid dienone is 1. The van der Waals surface area contributed by atoms with Crippen molar-refractivity contribution < 1.29 is 19.1 Å². The molecular weight excluding hydrogens is 304 g/mol. The Kier molecular flexibility index (Phi) is 3.33. The van der Waals surface area contributed by atoms with E-state index in [1.165, 1.54) is 7.11 Å². The maximum Gasteiger partial charge on any atom is 0.321 e. The SMILES string of the molecule is COC(=O)[C@H]1C(=O)O[C@@]2(C)C=C(C)[C@@](Cl)(c3ccccc3)[C@@H]12.